The highest BCUT2D eigenvalue weighted by molar-refractivity contribution is 7.37. The van der Waals surface area contributed by atoms with E-state index in [1.807, 2.05) is 19.1 Å². The van der Waals surface area contributed by atoms with Crippen molar-refractivity contribution in [2.45, 2.75) is 13.3 Å². The molecule has 1 unspecified atom stereocenters. The summed E-state index contributed by atoms with van der Waals surface area (Å²) in [6.07, 6.45) is 5.67. The third-order valence-electron chi connectivity index (χ3n) is 0.761. The van der Waals surface area contributed by atoms with E-state index in [9.17, 15) is 4.57 Å². The van der Waals surface area contributed by atoms with Crippen LogP contribution >= 0.6 is 8.03 Å². The minimum Gasteiger partial charge on any atom is -0.346 e. The highest BCUT2D eigenvalue weighted by Gasteiger charge is 1.86. The minimum absolute atomic E-state index is 0.426. The van der Waals surface area contributed by atoms with Gasteiger partial charge in [-0.15, -0.1) is 0 Å². The number of carbonyl (C=O) groups excluding carboxylic acids is 1. The monoisotopic (exact) mass is 177 g/mol. The van der Waals surface area contributed by atoms with Crippen molar-refractivity contribution in [3.8, 4) is 0 Å². The summed E-state index contributed by atoms with van der Waals surface area (Å²) in [5.41, 5.74) is 0. The van der Waals surface area contributed by atoms with Crippen molar-refractivity contribution in [3.63, 3.8) is 0 Å². The Morgan fingerprint density at radius 1 is 1.73 bits per heavy atom. The fourth-order valence-corrected chi connectivity index (χ4v) is 0.787. The highest BCUT2D eigenvalue weighted by Crippen LogP contribution is 2.13. The topological polar surface area (TPSA) is 78.2 Å². The van der Waals surface area contributed by atoms with Crippen LogP contribution in [0.5, 0.6) is 0 Å². The normalized spacial score (nSPS) is 11.5. The molecule has 0 aliphatic carbocycles. The Morgan fingerprint density at radius 2 is 2.18 bits per heavy atom. The first-order chi connectivity index (χ1) is 5.18. The SMILES string of the molecule is CC=CCC[PH](=O)O.N=C=O. The fourth-order valence-electron chi connectivity index (χ4n) is 0.373. The van der Waals surface area contributed by atoms with Crippen molar-refractivity contribution in [2.75, 3.05) is 6.16 Å². The maximum absolute atomic E-state index is 10.0. The zero-order valence-corrected chi connectivity index (χ0v) is 7.33. The molecule has 0 saturated carbocycles. The maximum Gasteiger partial charge on any atom is 0.231 e. The molecular formula is C6H12NO3P. The molecule has 5 heteroatoms. The Morgan fingerprint density at radius 3 is 2.45 bits per heavy atom. The molecule has 64 valence electrons. The van der Waals surface area contributed by atoms with E-state index in [0.717, 1.165) is 12.5 Å². The predicted octanol–water partition coefficient (Wildman–Crippen LogP) is 1.32. The summed E-state index contributed by atoms with van der Waals surface area (Å²) in [6.45, 7) is 1.90. The molecule has 4 nitrogen and oxygen atoms in total. The van der Waals surface area contributed by atoms with E-state index in [1.165, 1.54) is 0 Å². The van der Waals surface area contributed by atoms with E-state index in [0.29, 0.717) is 6.16 Å². The molecule has 0 spiro atoms. The first kappa shape index (κ1) is 12.9. The van der Waals surface area contributed by atoms with Crippen LogP contribution in [0, 0.1) is 5.41 Å². The third kappa shape index (κ3) is 26.8. The van der Waals surface area contributed by atoms with Crippen LogP contribution in [0.4, 0.5) is 0 Å². The maximum atomic E-state index is 10.0. The summed E-state index contributed by atoms with van der Waals surface area (Å²) in [7, 11) is -2.21. The van der Waals surface area contributed by atoms with Crippen LogP contribution in [0.2, 0.25) is 0 Å². The molecule has 0 rings (SSSR count). The van der Waals surface area contributed by atoms with Gasteiger partial charge in [0.1, 0.15) is 0 Å². The number of rotatable bonds is 3. The van der Waals surface area contributed by atoms with Crippen LogP contribution < -0.4 is 0 Å². The molecule has 0 aliphatic heterocycles. The predicted molar refractivity (Wildman–Crippen MR) is 43.9 cm³/mol. The van der Waals surface area contributed by atoms with Crippen LogP contribution in [0.3, 0.4) is 0 Å². The first-order valence-electron chi connectivity index (χ1n) is 3.05. The lowest BCUT2D eigenvalue weighted by Crippen LogP contribution is -1.70. The van der Waals surface area contributed by atoms with E-state index >= 15 is 0 Å². The molecule has 0 saturated heterocycles. The summed E-state index contributed by atoms with van der Waals surface area (Å²) in [5, 5.41) is 5.40. The van der Waals surface area contributed by atoms with Crippen molar-refractivity contribution in [3.05, 3.63) is 12.2 Å². The first-order valence-corrected chi connectivity index (χ1v) is 4.62. The van der Waals surface area contributed by atoms with Gasteiger partial charge in [-0.25, -0.2) is 10.2 Å². The largest absolute Gasteiger partial charge is 0.346 e. The van der Waals surface area contributed by atoms with E-state index in [4.69, 9.17) is 15.1 Å². The zero-order valence-electron chi connectivity index (χ0n) is 6.33. The Kier molecular flexibility index (Phi) is 14.2. The molecule has 0 aromatic heterocycles. The van der Waals surface area contributed by atoms with Gasteiger partial charge >= 0.3 is 0 Å². The van der Waals surface area contributed by atoms with Crippen molar-refractivity contribution >= 4 is 14.1 Å². The second-order valence-corrected chi connectivity index (χ2v) is 2.89. The molecule has 0 fully saturated rings. The number of isocyanates is 1. The van der Waals surface area contributed by atoms with Crippen LogP contribution in [-0.4, -0.2) is 17.1 Å². The molecule has 11 heavy (non-hydrogen) atoms. The van der Waals surface area contributed by atoms with Gasteiger partial charge in [0, 0.05) is 6.16 Å². The number of hydrogen-bond acceptors (Lipinski definition) is 3. The van der Waals surface area contributed by atoms with Gasteiger partial charge in [0.25, 0.3) is 0 Å². The second kappa shape index (κ2) is 12.0. The van der Waals surface area contributed by atoms with Crippen LogP contribution in [0.25, 0.3) is 0 Å². The standard InChI is InChI=1S/C5H11O2P.CHNO/c1-2-3-4-5-8(6)7;2-1-3/h2-3,8H,4-5H2,1H3,(H,6,7);2H. The van der Waals surface area contributed by atoms with E-state index in [-0.39, 0.29) is 0 Å². The summed E-state index contributed by atoms with van der Waals surface area (Å²) >= 11 is 0. The number of allylic oxidation sites excluding steroid dienone is 2. The van der Waals surface area contributed by atoms with Gasteiger partial charge in [-0.1, -0.05) is 12.2 Å². The lowest BCUT2D eigenvalue weighted by Gasteiger charge is -1.85. The average molecular weight is 177 g/mol. The average Bonchev–Trinajstić information content (AvgIpc) is 1.89. The van der Waals surface area contributed by atoms with Crippen LogP contribution in [-0.2, 0) is 9.36 Å². The minimum atomic E-state index is -2.21. The summed E-state index contributed by atoms with van der Waals surface area (Å²) in [5.74, 6) is 0. The molecule has 0 radical (unpaired) electrons. The van der Waals surface area contributed by atoms with E-state index in [1.54, 1.807) is 0 Å². The Hall–Kier alpha value is -0.690. The van der Waals surface area contributed by atoms with Gasteiger partial charge in [-0.3, -0.25) is 4.57 Å². The molecule has 0 aliphatic rings. The summed E-state index contributed by atoms with van der Waals surface area (Å²) < 4.78 is 10.0. The van der Waals surface area contributed by atoms with E-state index < -0.39 is 8.03 Å². The van der Waals surface area contributed by atoms with Gasteiger partial charge in [0.05, 0.1) is 0 Å². The lowest BCUT2D eigenvalue weighted by molar-refractivity contribution is 0.503. The Balaban J connectivity index is 0. The molecule has 0 aromatic carbocycles. The Labute approximate surface area is 66.3 Å². The summed E-state index contributed by atoms with van der Waals surface area (Å²) in [6, 6.07) is 0. The van der Waals surface area contributed by atoms with Crippen molar-refractivity contribution in [2.24, 2.45) is 0 Å². The van der Waals surface area contributed by atoms with Gasteiger partial charge < -0.3 is 4.89 Å². The van der Waals surface area contributed by atoms with E-state index in [2.05, 4.69) is 0 Å². The van der Waals surface area contributed by atoms with Gasteiger partial charge in [0.2, 0.25) is 6.08 Å². The smallest absolute Gasteiger partial charge is 0.231 e. The molecule has 0 amide bonds. The molecule has 0 heterocycles. The van der Waals surface area contributed by atoms with Crippen molar-refractivity contribution in [1.29, 1.82) is 5.41 Å². The fraction of sp³-hybridized carbons (Fsp3) is 0.500. The molecule has 1 atom stereocenters. The Bertz CT molecular complexity index is 161. The third-order valence-corrected chi connectivity index (χ3v) is 1.48. The zero-order chi connectivity index (χ0) is 9.11. The number of hydrogen-bond donors (Lipinski definition) is 2. The lowest BCUT2D eigenvalue weighted by atomic mass is 10.4. The summed E-state index contributed by atoms with van der Waals surface area (Å²) in [4.78, 5) is 16.6. The van der Waals surface area contributed by atoms with Crippen molar-refractivity contribution < 1.29 is 14.3 Å². The molecule has 0 bridgehead atoms. The van der Waals surface area contributed by atoms with Crippen molar-refractivity contribution in [1.82, 2.24) is 0 Å². The van der Waals surface area contributed by atoms with Crippen LogP contribution in [0.15, 0.2) is 12.2 Å². The quantitative estimate of drug-likeness (QED) is 0.295. The van der Waals surface area contributed by atoms with Gasteiger partial charge in [-0.2, -0.15) is 0 Å². The van der Waals surface area contributed by atoms with Crippen LogP contribution in [0.1, 0.15) is 13.3 Å². The molecule has 0 aromatic rings. The second-order valence-electron chi connectivity index (χ2n) is 1.60. The molecular weight excluding hydrogens is 165 g/mol. The molecule has 2 N–H and O–H groups in total. The number of nitrogens with one attached hydrogen (secondary N) is 1. The van der Waals surface area contributed by atoms with Gasteiger partial charge in [0.15, 0.2) is 8.03 Å². The highest BCUT2D eigenvalue weighted by atomic mass is 31.1. The van der Waals surface area contributed by atoms with Gasteiger partial charge in [-0.05, 0) is 13.3 Å².